The topological polar surface area (TPSA) is 67.4 Å². The maximum Gasteiger partial charge on any atom is 0.275 e. The van der Waals surface area contributed by atoms with Gasteiger partial charge in [-0.3, -0.25) is 9.69 Å². The van der Waals surface area contributed by atoms with E-state index in [4.69, 9.17) is 4.42 Å². The van der Waals surface area contributed by atoms with Crippen molar-refractivity contribution >= 4 is 16.9 Å². The first-order valence-corrected chi connectivity index (χ1v) is 10.7. The summed E-state index contributed by atoms with van der Waals surface area (Å²) in [5, 5.41) is 0. The van der Waals surface area contributed by atoms with Crippen molar-refractivity contribution in [2.24, 2.45) is 0 Å². The second kappa shape index (κ2) is 7.99. The molecule has 3 aromatic rings. The number of carbonyl (C=O) groups excluding carboxylic acids is 1. The van der Waals surface area contributed by atoms with Crippen molar-refractivity contribution in [1.82, 2.24) is 24.3 Å². The molecule has 2 fully saturated rings. The first-order valence-electron chi connectivity index (χ1n) is 10.7. The van der Waals surface area contributed by atoms with Gasteiger partial charge in [0.25, 0.3) is 5.91 Å². The van der Waals surface area contributed by atoms with E-state index in [0.29, 0.717) is 24.2 Å². The zero-order valence-electron chi connectivity index (χ0n) is 16.7. The summed E-state index contributed by atoms with van der Waals surface area (Å²) in [6.45, 7) is 4.07. The smallest absolute Gasteiger partial charge is 0.275 e. The predicted molar refractivity (Wildman–Crippen MR) is 110 cm³/mol. The molecule has 29 heavy (non-hydrogen) atoms. The molecule has 1 amide bonds. The van der Waals surface area contributed by atoms with E-state index in [2.05, 4.69) is 14.9 Å². The second-order valence-electron chi connectivity index (χ2n) is 8.11. The van der Waals surface area contributed by atoms with E-state index in [1.54, 1.807) is 6.33 Å². The third kappa shape index (κ3) is 3.79. The average molecular weight is 393 g/mol. The third-order valence-electron chi connectivity index (χ3n) is 6.26. The lowest BCUT2D eigenvalue weighted by molar-refractivity contribution is 0.0752. The Bertz CT molecular complexity index is 988. The molecular weight excluding hydrogens is 366 g/mol. The Morgan fingerprint density at radius 3 is 2.83 bits per heavy atom. The van der Waals surface area contributed by atoms with Crippen LogP contribution < -0.4 is 0 Å². The van der Waals surface area contributed by atoms with Crippen LogP contribution in [-0.4, -0.2) is 62.5 Å². The molecular formula is C22H27N5O2. The number of imidazole rings is 1. The van der Waals surface area contributed by atoms with Gasteiger partial charge in [-0.25, -0.2) is 9.97 Å². The van der Waals surface area contributed by atoms with Crippen LogP contribution in [0, 0.1) is 0 Å². The molecule has 1 saturated heterocycles. The van der Waals surface area contributed by atoms with E-state index in [1.165, 1.54) is 31.9 Å². The van der Waals surface area contributed by atoms with Gasteiger partial charge in [-0.15, -0.1) is 0 Å². The van der Waals surface area contributed by atoms with Gasteiger partial charge >= 0.3 is 0 Å². The van der Waals surface area contributed by atoms with E-state index < -0.39 is 0 Å². The molecule has 7 heteroatoms. The number of amides is 1. The molecule has 0 unspecified atom stereocenters. The minimum Gasteiger partial charge on any atom is -0.446 e. The van der Waals surface area contributed by atoms with E-state index >= 15 is 0 Å². The number of carbonyl (C=O) groups is 1. The van der Waals surface area contributed by atoms with Crippen molar-refractivity contribution in [1.29, 1.82) is 0 Å². The van der Waals surface area contributed by atoms with E-state index in [0.717, 1.165) is 43.6 Å². The number of nitrogens with zero attached hydrogens (tertiary/aromatic N) is 5. The number of para-hydroxylation sites is 2. The van der Waals surface area contributed by atoms with Gasteiger partial charge in [-0.1, -0.05) is 25.0 Å². The number of fused-ring (bicyclic) bond motifs is 1. The lowest BCUT2D eigenvalue weighted by Crippen LogP contribution is -2.38. The maximum atomic E-state index is 13.0. The molecule has 0 spiro atoms. The summed E-state index contributed by atoms with van der Waals surface area (Å²) in [6, 6.07) is 8.67. The molecule has 1 aliphatic carbocycles. The largest absolute Gasteiger partial charge is 0.446 e. The molecule has 0 bridgehead atoms. The van der Waals surface area contributed by atoms with Crippen molar-refractivity contribution in [2.75, 3.05) is 26.2 Å². The molecule has 0 radical (unpaired) electrons. The van der Waals surface area contributed by atoms with Crippen LogP contribution in [0.4, 0.5) is 0 Å². The molecule has 5 rings (SSSR count). The molecule has 1 aromatic carbocycles. The van der Waals surface area contributed by atoms with Crippen LogP contribution in [0.25, 0.3) is 11.0 Å². The Labute approximate surface area is 170 Å². The third-order valence-corrected chi connectivity index (χ3v) is 6.26. The van der Waals surface area contributed by atoms with Gasteiger partial charge in [0.2, 0.25) is 5.89 Å². The van der Waals surface area contributed by atoms with Crippen molar-refractivity contribution in [3.8, 4) is 0 Å². The van der Waals surface area contributed by atoms with Crippen LogP contribution in [-0.2, 0) is 6.54 Å². The lowest BCUT2D eigenvalue weighted by Gasteiger charge is -2.27. The molecule has 0 N–H and O–H groups in total. The highest BCUT2D eigenvalue weighted by Crippen LogP contribution is 2.24. The van der Waals surface area contributed by atoms with Crippen LogP contribution in [0.15, 0.2) is 41.3 Å². The van der Waals surface area contributed by atoms with E-state index in [-0.39, 0.29) is 5.91 Å². The molecule has 7 nitrogen and oxygen atoms in total. The van der Waals surface area contributed by atoms with E-state index in [1.807, 2.05) is 33.7 Å². The highest BCUT2D eigenvalue weighted by Gasteiger charge is 2.27. The number of benzene rings is 1. The van der Waals surface area contributed by atoms with Crippen molar-refractivity contribution in [3.05, 3.63) is 48.4 Å². The van der Waals surface area contributed by atoms with Crippen LogP contribution in [0.3, 0.4) is 0 Å². The van der Waals surface area contributed by atoms with Crippen LogP contribution in [0.5, 0.6) is 0 Å². The van der Waals surface area contributed by atoms with Gasteiger partial charge in [0.1, 0.15) is 12.8 Å². The predicted octanol–water partition coefficient (Wildman–Crippen LogP) is 3.16. The quantitative estimate of drug-likeness (QED) is 0.681. The fourth-order valence-corrected chi connectivity index (χ4v) is 4.70. The molecule has 2 aromatic heterocycles. The zero-order chi connectivity index (χ0) is 19.6. The highest BCUT2D eigenvalue weighted by atomic mass is 16.3. The minimum atomic E-state index is -0.0243. The standard InChI is InChI=1S/C22H27N5O2/c28-22(26-11-5-10-25(12-13-26)17-6-1-2-7-17)19-15-29-21(24-19)14-27-16-23-18-8-3-4-9-20(18)27/h3-4,8-9,15-17H,1-2,5-7,10-14H2. The number of rotatable bonds is 4. The summed E-state index contributed by atoms with van der Waals surface area (Å²) in [5.41, 5.74) is 2.36. The first-order chi connectivity index (χ1) is 14.3. The summed E-state index contributed by atoms with van der Waals surface area (Å²) >= 11 is 0. The van der Waals surface area contributed by atoms with Crippen LogP contribution >= 0.6 is 0 Å². The van der Waals surface area contributed by atoms with Gasteiger partial charge < -0.3 is 13.9 Å². The van der Waals surface area contributed by atoms with Gasteiger partial charge in [-0.2, -0.15) is 0 Å². The Hall–Kier alpha value is -2.67. The molecule has 2 aliphatic rings. The molecule has 1 aliphatic heterocycles. The number of hydrogen-bond donors (Lipinski definition) is 0. The second-order valence-corrected chi connectivity index (χ2v) is 8.11. The monoisotopic (exact) mass is 393 g/mol. The van der Waals surface area contributed by atoms with Crippen molar-refractivity contribution in [2.45, 2.75) is 44.7 Å². The van der Waals surface area contributed by atoms with Gasteiger partial charge in [-0.05, 0) is 31.4 Å². The summed E-state index contributed by atoms with van der Waals surface area (Å²) in [4.78, 5) is 26.4. The summed E-state index contributed by atoms with van der Waals surface area (Å²) in [6.07, 6.45) is 9.61. The fourth-order valence-electron chi connectivity index (χ4n) is 4.70. The summed E-state index contributed by atoms with van der Waals surface area (Å²) in [7, 11) is 0. The summed E-state index contributed by atoms with van der Waals surface area (Å²) < 4.78 is 7.60. The SMILES string of the molecule is O=C(c1coc(Cn2cnc3ccccc32)n1)N1CCCN(C2CCCC2)CC1. The van der Waals surface area contributed by atoms with Gasteiger partial charge in [0.15, 0.2) is 5.69 Å². The zero-order valence-corrected chi connectivity index (χ0v) is 16.7. The maximum absolute atomic E-state index is 13.0. The van der Waals surface area contributed by atoms with Gasteiger partial charge in [0.05, 0.1) is 17.4 Å². The fraction of sp³-hybridized carbons (Fsp3) is 0.500. The molecule has 1 saturated carbocycles. The first kappa shape index (κ1) is 18.4. The van der Waals surface area contributed by atoms with Crippen molar-refractivity contribution in [3.63, 3.8) is 0 Å². The lowest BCUT2D eigenvalue weighted by atomic mass is 10.2. The Balaban J connectivity index is 1.24. The number of aromatic nitrogens is 3. The molecule has 3 heterocycles. The average Bonchev–Trinajstić information content (AvgIpc) is 3.48. The highest BCUT2D eigenvalue weighted by molar-refractivity contribution is 5.92. The normalized spacial score (nSPS) is 19.1. The van der Waals surface area contributed by atoms with Crippen molar-refractivity contribution < 1.29 is 9.21 Å². The van der Waals surface area contributed by atoms with Gasteiger partial charge in [0, 0.05) is 32.2 Å². The molecule has 152 valence electrons. The summed E-state index contributed by atoms with van der Waals surface area (Å²) in [5.74, 6) is 0.502. The number of oxazole rings is 1. The number of hydrogen-bond acceptors (Lipinski definition) is 5. The van der Waals surface area contributed by atoms with E-state index in [9.17, 15) is 4.79 Å². The Morgan fingerprint density at radius 2 is 1.93 bits per heavy atom. The molecule has 0 atom stereocenters. The minimum absolute atomic E-state index is 0.0243. The Morgan fingerprint density at radius 1 is 1.07 bits per heavy atom. The Kier molecular flexibility index (Phi) is 5.06. The van der Waals surface area contributed by atoms with Crippen LogP contribution in [0.2, 0.25) is 0 Å². The van der Waals surface area contributed by atoms with Crippen LogP contribution in [0.1, 0.15) is 48.5 Å².